The van der Waals surface area contributed by atoms with Crippen molar-refractivity contribution in [3.63, 3.8) is 0 Å². The summed E-state index contributed by atoms with van der Waals surface area (Å²) in [6.45, 7) is 7.40. The Morgan fingerprint density at radius 1 is 1.19 bits per heavy atom. The summed E-state index contributed by atoms with van der Waals surface area (Å²) in [7, 11) is -2.26. The van der Waals surface area contributed by atoms with Gasteiger partial charge in [-0.25, -0.2) is 18.4 Å². The molecule has 1 aliphatic heterocycles. The van der Waals surface area contributed by atoms with Crippen molar-refractivity contribution in [1.29, 1.82) is 0 Å². The van der Waals surface area contributed by atoms with Gasteiger partial charge in [0.2, 0.25) is 0 Å². The van der Waals surface area contributed by atoms with Gasteiger partial charge in [-0.1, -0.05) is 19.1 Å². The van der Waals surface area contributed by atoms with Crippen molar-refractivity contribution in [2.75, 3.05) is 26.1 Å². The normalized spacial score (nSPS) is 18.1. The SMILES string of the molecule is COc1cnc([C@@H](C)[C@H](C)S(=O)(=O)CC(=NC2COC(C)(C)OC2)NNC(=O)c2ccccc2Br)nc1. The van der Waals surface area contributed by atoms with Crippen molar-refractivity contribution in [2.24, 2.45) is 4.99 Å². The van der Waals surface area contributed by atoms with E-state index in [0.29, 0.717) is 21.6 Å². The molecule has 1 fully saturated rings. The minimum atomic E-state index is -3.76. The molecule has 1 saturated heterocycles. The number of carbonyl (C=O) groups excluding carboxylic acids is 1. The van der Waals surface area contributed by atoms with Crippen molar-refractivity contribution >= 4 is 37.5 Å². The number of hydrogen-bond donors (Lipinski definition) is 2. The average Bonchev–Trinajstić information content (AvgIpc) is 2.87. The summed E-state index contributed by atoms with van der Waals surface area (Å²) in [4.78, 5) is 25.7. The lowest BCUT2D eigenvalue weighted by Gasteiger charge is -2.33. The molecule has 1 amide bonds. The van der Waals surface area contributed by atoms with E-state index in [0.717, 1.165) is 0 Å². The summed E-state index contributed by atoms with van der Waals surface area (Å²) in [5.41, 5.74) is 5.63. The predicted molar refractivity (Wildman–Crippen MR) is 142 cm³/mol. The molecule has 0 saturated carbocycles. The first-order valence-corrected chi connectivity index (χ1v) is 14.2. The maximum Gasteiger partial charge on any atom is 0.270 e. The molecule has 11 nitrogen and oxygen atoms in total. The van der Waals surface area contributed by atoms with Crippen LogP contribution >= 0.6 is 15.9 Å². The van der Waals surface area contributed by atoms with Gasteiger partial charge in [-0.05, 0) is 48.8 Å². The number of ether oxygens (including phenoxy) is 3. The van der Waals surface area contributed by atoms with E-state index in [1.165, 1.54) is 19.5 Å². The second-order valence-corrected chi connectivity index (χ2v) is 12.3. The lowest BCUT2D eigenvalue weighted by Crippen LogP contribution is -2.48. The topological polar surface area (TPSA) is 141 Å². The number of aliphatic imine (C=N–C) groups is 1. The van der Waals surface area contributed by atoms with Crippen LogP contribution in [0.3, 0.4) is 0 Å². The number of sulfone groups is 1. The number of benzene rings is 1. The van der Waals surface area contributed by atoms with E-state index in [9.17, 15) is 13.2 Å². The van der Waals surface area contributed by atoms with Crippen LogP contribution in [0.15, 0.2) is 46.1 Å². The van der Waals surface area contributed by atoms with Gasteiger partial charge in [0.15, 0.2) is 21.4 Å². The maximum atomic E-state index is 13.4. The fourth-order valence-electron chi connectivity index (χ4n) is 3.44. The molecule has 1 aromatic carbocycles. The summed E-state index contributed by atoms with van der Waals surface area (Å²) in [6.07, 6.45) is 2.99. The van der Waals surface area contributed by atoms with Crippen molar-refractivity contribution in [1.82, 2.24) is 20.8 Å². The molecule has 37 heavy (non-hydrogen) atoms. The largest absolute Gasteiger partial charge is 0.494 e. The quantitative estimate of drug-likeness (QED) is 0.267. The highest BCUT2D eigenvalue weighted by atomic mass is 79.9. The van der Waals surface area contributed by atoms with Gasteiger partial charge in [0.25, 0.3) is 5.91 Å². The molecule has 202 valence electrons. The van der Waals surface area contributed by atoms with E-state index in [-0.39, 0.29) is 19.0 Å². The van der Waals surface area contributed by atoms with Crippen LogP contribution in [0.1, 0.15) is 49.8 Å². The van der Waals surface area contributed by atoms with Crippen LogP contribution in [-0.2, 0) is 19.3 Å². The molecule has 0 bridgehead atoms. The number of amidine groups is 1. The summed E-state index contributed by atoms with van der Waals surface area (Å²) >= 11 is 3.34. The zero-order valence-electron chi connectivity index (χ0n) is 21.4. The number of carbonyl (C=O) groups is 1. The first-order chi connectivity index (χ1) is 17.4. The fraction of sp³-hybridized carbons (Fsp3) is 0.500. The minimum absolute atomic E-state index is 0.0620. The van der Waals surface area contributed by atoms with Crippen molar-refractivity contribution in [3.05, 3.63) is 52.5 Å². The van der Waals surface area contributed by atoms with Gasteiger partial charge in [-0.2, -0.15) is 0 Å². The molecule has 2 heterocycles. The fourth-order valence-corrected chi connectivity index (χ4v) is 5.43. The smallest absolute Gasteiger partial charge is 0.270 e. The number of hydrogen-bond acceptors (Lipinski definition) is 9. The van der Waals surface area contributed by atoms with Gasteiger partial charge >= 0.3 is 0 Å². The third kappa shape index (κ3) is 7.94. The Kier molecular flexibility index (Phi) is 9.62. The highest BCUT2D eigenvalue weighted by molar-refractivity contribution is 9.10. The number of amides is 1. The molecule has 13 heteroatoms. The molecule has 0 unspecified atom stereocenters. The van der Waals surface area contributed by atoms with E-state index < -0.39 is 44.5 Å². The van der Waals surface area contributed by atoms with Crippen molar-refractivity contribution < 1.29 is 27.4 Å². The van der Waals surface area contributed by atoms with Gasteiger partial charge < -0.3 is 14.2 Å². The molecule has 3 rings (SSSR count). The van der Waals surface area contributed by atoms with Crippen LogP contribution < -0.4 is 15.6 Å². The molecular formula is C24H32BrN5O6S. The zero-order chi connectivity index (χ0) is 27.2. The van der Waals surface area contributed by atoms with E-state index in [1.807, 2.05) is 0 Å². The lowest BCUT2D eigenvalue weighted by atomic mass is 10.1. The molecule has 2 aromatic rings. The summed E-state index contributed by atoms with van der Waals surface area (Å²) in [6, 6.07) is 6.42. The monoisotopic (exact) mass is 597 g/mol. The first kappa shape index (κ1) is 29.0. The molecule has 0 aliphatic carbocycles. The Balaban J connectivity index is 1.78. The maximum absolute atomic E-state index is 13.4. The number of aromatic nitrogens is 2. The van der Waals surface area contributed by atoms with E-state index in [1.54, 1.807) is 52.0 Å². The van der Waals surface area contributed by atoms with Crippen LogP contribution in [0, 0.1) is 0 Å². The third-order valence-corrected chi connectivity index (χ3v) is 8.83. The molecule has 1 aromatic heterocycles. The summed E-state index contributed by atoms with van der Waals surface area (Å²) in [5.74, 6) is -1.25. The Hall–Kier alpha value is -2.61. The minimum Gasteiger partial charge on any atom is -0.494 e. The standard InChI is InChI=1S/C24H32BrN5O6S/c1-15(22-26-10-18(34-5)11-27-22)16(2)37(32,33)14-21(28-17-12-35-24(3,4)36-13-17)29-30-23(31)19-8-6-7-9-20(19)25/h6-11,15-17H,12-14H2,1-5H3,(H,28,29)(H,30,31)/t15-,16-/m0/s1. The number of hydrazine groups is 1. The van der Waals surface area contributed by atoms with E-state index >= 15 is 0 Å². The highest BCUT2D eigenvalue weighted by Gasteiger charge is 2.32. The van der Waals surface area contributed by atoms with Crippen molar-refractivity contribution in [2.45, 2.75) is 50.7 Å². The van der Waals surface area contributed by atoms with Crippen LogP contribution in [0.5, 0.6) is 5.75 Å². The van der Waals surface area contributed by atoms with Crippen LogP contribution in [-0.4, -0.2) is 73.3 Å². The van der Waals surface area contributed by atoms with Gasteiger partial charge in [0.1, 0.15) is 17.4 Å². The van der Waals surface area contributed by atoms with Gasteiger partial charge in [-0.15, -0.1) is 0 Å². The number of nitrogens with one attached hydrogen (secondary N) is 2. The molecular weight excluding hydrogens is 566 g/mol. The van der Waals surface area contributed by atoms with Crippen LogP contribution in [0.25, 0.3) is 0 Å². The molecule has 1 aliphatic rings. The Bertz CT molecular complexity index is 1210. The number of rotatable bonds is 8. The van der Waals surface area contributed by atoms with Gasteiger partial charge in [-0.3, -0.25) is 20.6 Å². The van der Waals surface area contributed by atoms with Gasteiger partial charge in [0.05, 0.1) is 49.6 Å². The lowest BCUT2D eigenvalue weighted by molar-refractivity contribution is -0.249. The first-order valence-electron chi connectivity index (χ1n) is 11.6. The Morgan fingerprint density at radius 3 is 2.41 bits per heavy atom. The summed E-state index contributed by atoms with van der Waals surface area (Å²) < 4.78 is 43.8. The Labute approximate surface area is 225 Å². The molecule has 2 N–H and O–H groups in total. The number of nitrogens with zero attached hydrogens (tertiary/aromatic N) is 3. The number of methoxy groups -OCH3 is 1. The predicted octanol–water partition coefficient (Wildman–Crippen LogP) is 2.64. The average molecular weight is 599 g/mol. The summed E-state index contributed by atoms with van der Waals surface area (Å²) in [5, 5.41) is -0.843. The number of halogens is 1. The second kappa shape index (κ2) is 12.3. The third-order valence-electron chi connectivity index (χ3n) is 5.92. The van der Waals surface area contributed by atoms with Crippen molar-refractivity contribution in [3.8, 4) is 5.75 Å². The molecule has 0 spiro atoms. The van der Waals surface area contributed by atoms with E-state index in [2.05, 4.69) is 41.7 Å². The van der Waals surface area contributed by atoms with Crippen LogP contribution in [0.2, 0.25) is 0 Å². The molecule has 2 atom stereocenters. The second-order valence-electron chi connectivity index (χ2n) is 9.09. The van der Waals surface area contributed by atoms with Crippen LogP contribution in [0.4, 0.5) is 0 Å². The van der Waals surface area contributed by atoms with E-state index in [4.69, 9.17) is 14.2 Å². The van der Waals surface area contributed by atoms with Gasteiger partial charge in [0, 0.05) is 10.4 Å². The Morgan fingerprint density at radius 2 is 1.81 bits per heavy atom. The highest BCUT2D eigenvalue weighted by Crippen LogP contribution is 2.23. The zero-order valence-corrected chi connectivity index (χ0v) is 23.8. The molecule has 0 radical (unpaired) electrons.